The van der Waals surface area contributed by atoms with E-state index in [0.29, 0.717) is 69.9 Å². The molecule has 0 amide bonds. The van der Waals surface area contributed by atoms with E-state index in [1.54, 1.807) is 6.07 Å². The predicted octanol–water partition coefficient (Wildman–Crippen LogP) is 4.02. The van der Waals surface area contributed by atoms with Crippen LogP contribution in [0.25, 0.3) is 32.4 Å². The van der Waals surface area contributed by atoms with E-state index in [2.05, 4.69) is 20.1 Å². The molecule has 9 rings (SSSR count). The number of anilines is 2. The third-order valence-corrected chi connectivity index (χ3v) is 11.2. The van der Waals surface area contributed by atoms with Crippen LogP contribution in [0.1, 0.15) is 51.0 Å². The zero-order valence-corrected chi connectivity index (χ0v) is 25.1. The van der Waals surface area contributed by atoms with Gasteiger partial charge in [-0.1, -0.05) is 11.3 Å². The van der Waals surface area contributed by atoms with Crippen LogP contribution >= 0.6 is 11.3 Å². The fraction of sp³-hybridized carbons (Fsp3) is 0.548. The monoisotopic (exact) mass is 620 g/mol. The Balaban J connectivity index is 1.22. The van der Waals surface area contributed by atoms with Crippen LogP contribution in [-0.2, 0) is 0 Å². The van der Waals surface area contributed by atoms with Crippen molar-refractivity contribution in [3.8, 4) is 17.3 Å². The first kappa shape index (κ1) is 26.9. The molecule has 3 aromatic heterocycles. The number of benzene rings is 1. The number of nitrogens with two attached hydrogens (primary N) is 1. The van der Waals surface area contributed by atoms with Crippen molar-refractivity contribution in [1.82, 2.24) is 29.7 Å². The molecule has 4 aliphatic heterocycles. The summed E-state index contributed by atoms with van der Waals surface area (Å²) in [5.74, 6) is 0.197. The zero-order valence-electron chi connectivity index (χ0n) is 24.3. The van der Waals surface area contributed by atoms with E-state index in [1.807, 2.05) is 10.6 Å². The molecule has 0 radical (unpaired) electrons. The highest BCUT2D eigenvalue weighted by Crippen LogP contribution is 2.43. The Bertz CT molecular complexity index is 1870. The minimum Gasteiger partial charge on any atom is -0.461 e. The van der Waals surface area contributed by atoms with Crippen LogP contribution in [0.15, 0.2) is 23.0 Å². The average Bonchev–Trinajstić information content (AvgIpc) is 3.33. The van der Waals surface area contributed by atoms with Gasteiger partial charge in [-0.15, -0.1) is 0 Å². The molecule has 7 heterocycles. The molecule has 4 atom stereocenters. The second-order valence-electron chi connectivity index (χ2n) is 13.3. The summed E-state index contributed by atoms with van der Waals surface area (Å²) in [6.07, 6.45) is 5.41. The molecule has 1 saturated carbocycles. The highest BCUT2D eigenvalue weighted by molar-refractivity contribution is 7.22. The first-order chi connectivity index (χ1) is 21.3. The SMILES string of the molecule is Nc1nc2c(-c3cc4nc(OC[C@@]56CCCN5C[C@H](F)C6)nc(N5C[C@H]6CC[C@@H](C5)N6)c4c(=O)n3C3CC3)ccc(F)c2s1. The smallest absolute Gasteiger partial charge is 0.319 e. The Labute approximate surface area is 256 Å². The molecular weight excluding hydrogens is 586 g/mol. The molecule has 4 saturated heterocycles. The number of hydrogen-bond donors (Lipinski definition) is 2. The van der Waals surface area contributed by atoms with Gasteiger partial charge in [0.15, 0.2) is 5.13 Å². The van der Waals surface area contributed by atoms with E-state index in [-0.39, 0.29) is 28.3 Å². The number of nitrogens with one attached hydrogen (secondary N) is 1. The lowest BCUT2D eigenvalue weighted by atomic mass is 9.95. The molecule has 2 bridgehead atoms. The Kier molecular flexibility index (Phi) is 5.99. The molecule has 1 aromatic carbocycles. The lowest BCUT2D eigenvalue weighted by Gasteiger charge is -2.34. The number of halogens is 2. The van der Waals surface area contributed by atoms with Crippen molar-refractivity contribution in [1.29, 1.82) is 0 Å². The van der Waals surface area contributed by atoms with E-state index in [1.165, 1.54) is 6.07 Å². The Morgan fingerprint density at radius 3 is 2.73 bits per heavy atom. The number of nitrogen functional groups attached to an aromatic ring is 1. The number of hydrogen-bond acceptors (Lipinski definition) is 10. The number of ether oxygens (including phenoxy) is 1. The van der Waals surface area contributed by atoms with Gasteiger partial charge in [0.1, 0.15) is 29.8 Å². The van der Waals surface area contributed by atoms with Crippen molar-refractivity contribution >= 4 is 43.4 Å². The van der Waals surface area contributed by atoms with Crippen LogP contribution in [0.3, 0.4) is 0 Å². The third kappa shape index (κ3) is 4.22. The van der Waals surface area contributed by atoms with E-state index >= 15 is 0 Å². The summed E-state index contributed by atoms with van der Waals surface area (Å²) in [4.78, 5) is 33.2. The number of pyridine rings is 1. The van der Waals surface area contributed by atoms with Gasteiger partial charge in [-0.3, -0.25) is 9.69 Å². The van der Waals surface area contributed by atoms with Crippen LogP contribution in [0.5, 0.6) is 6.01 Å². The number of aromatic nitrogens is 4. The molecule has 10 nitrogen and oxygen atoms in total. The van der Waals surface area contributed by atoms with Gasteiger partial charge in [-0.05, 0) is 63.3 Å². The molecule has 13 heteroatoms. The molecule has 230 valence electrons. The number of rotatable bonds is 6. The highest BCUT2D eigenvalue weighted by Gasteiger charge is 2.49. The molecule has 5 aliphatic rings. The lowest BCUT2D eigenvalue weighted by Crippen LogP contribution is -2.51. The van der Waals surface area contributed by atoms with Gasteiger partial charge in [0, 0.05) is 49.7 Å². The summed E-state index contributed by atoms with van der Waals surface area (Å²) in [6, 6.07) is 5.88. The fourth-order valence-electron chi connectivity index (χ4n) is 8.20. The summed E-state index contributed by atoms with van der Waals surface area (Å²) in [7, 11) is 0. The molecule has 4 aromatic rings. The van der Waals surface area contributed by atoms with E-state index in [4.69, 9.17) is 20.4 Å². The second kappa shape index (κ2) is 9.79. The topological polar surface area (TPSA) is 114 Å². The molecule has 44 heavy (non-hydrogen) atoms. The lowest BCUT2D eigenvalue weighted by molar-refractivity contribution is 0.107. The number of nitrogens with zero attached hydrogens (tertiary/aromatic N) is 6. The third-order valence-electron chi connectivity index (χ3n) is 10.3. The van der Waals surface area contributed by atoms with Gasteiger partial charge >= 0.3 is 6.01 Å². The summed E-state index contributed by atoms with van der Waals surface area (Å²) in [5, 5.41) is 4.40. The zero-order chi connectivity index (χ0) is 29.7. The van der Waals surface area contributed by atoms with Gasteiger partial charge < -0.3 is 25.3 Å². The second-order valence-corrected chi connectivity index (χ2v) is 14.3. The largest absolute Gasteiger partial charge is 0.461 e. The minimum atomic E-state index is -0.862. The quantitative estimate of drug-likeness (QED) is 0.330. The molecule has 0 unspecified atom stereocenters. The Morgan fingerprint density at radius 2 is 1.93 bits per heavy atom. The highest BCUT2D eigenvalue weighted by atomic mass is 32.1. The normalized spacial score (nSPS) is 28.4. The van der Waals surface area contributed by atoms with Crippen molar-refractivity contribution in [2.45, 2.75) is 74.8 Å². The predicted molar refractivity (Wildman–Crippen MR) is 166 cm³/mol. The van der Waals surface area contributed by atoms with Gasteiger partial charge in [0.2, 0.25) is 0 Å². The summed E-state index contributed by atoms with van der Waals surface area (Å²) >= 11 is 1.10. The average molecular weight is 621 g/mol. The van der Waals surface area contributed by atoms with Gasteiger partial charge in [-0.25, -0.2) is 13.8 Å². The number of thiazole rings is 1. The van der Waals surface area contributed by atoms with Crippen molar-refractivity contribution < 1.29 is 13.5 Å². The number of alkyl halides is 1. The van der Waals surface area contributed by atoms with Gasteiger partial charge in [-0.2, -0.15) is 9.97 Å². The number of piperazine rings is 1. The molecule has 1 aliphatic carbocycles. The minimum absolute atomic E-state index is 0.0319. The van der Waals surface area contributed by atoms with Crippen LogP contribution in [-0.4, -0.2) is 81.0 Å². The van der Waals surface area contributed by atoms with Gasteiger partial charge in [0.25, 0.3) is 5.56 Å². The molecular formula is C31H34F2N8O2S. The summed E-state index contributed by atoms with van der Waals surface area (Å²) < 4.78 is 37.8. The fourth-order valence-corrected chi connectivity index (χ4v) is 8.96. The molecule has 0 spiro atoms. The Morgan fingerprint density at radius 1 is 1.11 bits per heavy atom. The molecule has 5 fully saturated rings. The summed E-state index contributed by atoms with van der Waals surface area (Å²) in [6.45, 7) is 3.09. The van der Waals surface area contributed by atoms with Crippen LogP contribution in [0.2, 0.25) is 0 Å². The maximum Gasteiger partial charge on any atom is 0.319 e. The number of fused-ring (bicyclic) bond motifs is 5. The van der Waals surface area contributed by atoms with E-state index < -0.39 is 12.0 Å². The Hall–Kier alpha value is -3.42. The van der Waals surface area contributed by atoms with Crippen LogP contribution in [0.4, 0.5) is 19.7 Å². The van der Waals surface area contributed by atoms with Crippen LogP contribution < -0.4 is 26.2 Å². The van der Waals surface area contributed by atoms with Crippen molar-refractivity contribution in [2.24, 2.45) is 0 Å². The summed E-state index contributed by atoms with van der Waals surface area (Å²) in [5.41, 5.74) is 7.69. The maximum absolute atomic E-state index is 14.8. The van der Waals surface area contributed by atoms with Crippen molar-refractivity contribution in [3.63, 3.8) is 0 Å². The maximum atomic E-state index is 14.8. The van der Waals surface area contributed by atoms with Crippen LogP contribution in [0, 0.1) is 5.82 Å². The van der Waals surface area contributed by atoms with E-state index in [9.17, 15) is 13.6 Å². The van der Waals surface area contributed by atoms with Crippen molar-refractivity contribution in [2.75, 3.05) is 43.4 Å². The standard InChI is InChI=1S/C31H34F2N8O2S/c32-16-11-31(8-1-9-40(31)12-16)15-43-30-36-22-10-23(20-6-7-21(33)26-25(20)37-29(34)44-26)41(19-4-5-19)28(42)24(22)27(38-30)39-13-17-2-3-18(14-39)35-17/h6-7,10,16-19,35H,1-5,8-9,11-15H2,(H2,34,37)/t16-,17-,18+,31+/m1/s1. The first-order valence-electron chi connectivity index (χ1n) is 15.7. The molecule has 3 N–H and O–H groups in total. The first-order valence-corrected chi connectivity index (χ1v) is 16.5. The van der Waals surface area contributed by atoms with Crippen molar-refractivity contribution in [3.05, 3.63) is 34.4 Å². The van der Waals surface area contributed by atoms with Gasteiger partial charge in [0.05, 0.1) is 27.0 Å². The van der Waals surface area contributed by atoms with E-state index in [0.717, 1.165) is 69.5 Å².